The van der Waals surface area contributed by atoms with Gasteiger partial charge in [-0.1, -0.05) is 39.0 Å². The molecule has 3 heteroatoms. The first kappa shape index (κ1) is 12.9. The first-order valence-electron chi connectivity index (χ1n) is 6.27. The van der Waals surface area contributed by atoms with Crippen LogP contribution in [0.2, 0.25) is 0 Å². The molecule has 2 nitrogen and oxygen atoms in total. The van der Waals surface area contributed by atoms with E-state index in [0.29, 0.717) is 12.1 Å². The van der Waals surface area contributed by atoms with Crippen molar-refractivity contribution in [2.24, 2.45) is 4.99 Å². The van der Waals surface area contributed by atoms with Crippen molar-refractivity contribution in [2.75, 3.05) is 5.75 Å². The van der Waals surface area contributed by atoms with Crippen molar-refractivity contribution in [3.8, 4) is 0 Å². The van der Waals surface area contributed by atoms with E-state index >= 15 is 0 Å². The number of amidine groups is 1. The summed E-state index contributed by atoms with van der Waals surface area (Å²) >= 11 is 1.89. The second-order valence-electron chi connectivity index (χ2n) is 4.17. The van der Waals surface area contributed by atoms with E-state index in [9.17, 15) is 0 Å². The van der Waals surface area contributed by atoms with Gasteiger partial charge < -0.3 is 5.32 Å². The van der Waals surface area contributed by atoms with Gasteiger partial charge in [-0.3, -0.25) is 4.99 Å². The zero-order chi connectivity index (χ0) is 11.1. The second-order valence-corrected chi connectivity index (χ2v) is 5.26. The van der Waals surface area contributed by atoms with E-state index in [0.717, 1.165) is 0 Å². The fourth-order valence-electron chi connectivity index (χ4n) is 1.84. The van der Waals surface area contributed by atoms with Crippen molar-refractivity contribution in [2.45, 2.75) is 65.0 Å². The van der Waals surface area contributed by atoms with Crippen LogP contribution in [0, 0.1) is 0 Å². The molecule has 15 heavy (non-hydrogen) atoms. The predicted molar refractivity (Wildman–Crippen MR) is 70.7 cm³/mol. The summed E-state index contributed by atoms with van der Waals surface area (Å²) in [7, 11) is 0. The minimum absolute atomic E-state index is 0.563. The lowest BCUT2D eigenvalue weighted by Crippen LogP contribution is -2.35. The molecule has 0 saturated heterocycles. The predicted octanol–water partition coefficient (Wildman–Crippen LogP) is 3.43. The maximum absolute atomic E-state index is 4.74. The van der Waals surface area contributed by atoms with Crippen LogP contribution in [0.15, 0.2) is 4.99 Å². The highest BCUT2D eigenvalue weighted by molar-refractivity contribution is 8.13. The molecule has 0 aromatic rings. The van der Waals surface area contributed by atoms with Crippen LogP contribution >= 0.6 is 11.8 Å². The Labute approximate surface area is 98.3 Å². The van der Waals surface area contributed by atoms with Crippen molar-refractivity contribution >= 4 is 16.9 Å². The zero-order valence-electron chi connectivity index (χ0n) is 10.3. The second kappa shape index (κ2) is 7.15. The Bertz CT molecular complexity index is 204. The maximum atomic E-state index is 4.74. The fraction of sp³-hybridized carbons (Fsp3) is 0.917. The van der Waals surface area contributed by atoms with Gasteiger partial charge in [0.1, 0.15) is 0 Å². The van der Waals surface area contributed by atoms with Crippen molar-refractivity contribution in [1.29, 1.82) is 0 Å². The molecule has 1 aliphatic heterocycles. The van der Waals surface area contributed by atoms with Gasteiger partial charge in [0, 0.05) is 11.8 Å². The summed E-state index contributed by atoms with van der Waals surface area (Å²) in [5.41, 5.74) is 0. The molecule has 0 aromatic heterocycles. The van der Waals surface area contributed by atoms with Gasteiger partial charge in [-0.2, -0.15) is 0 Å². The van der Waals surface area contributed by atoms with Crippen LogP contribution in [0.25, 0.3) is 0 Å². The summed E-state index contributed by atoms with van der Waals surface area (Å²) in [5.74, 6) is 1.23. The van der Waals surface area contributed by atoms with E-state index in [1.54, 1.807) is 0 Å². The number of aliphatic imine (C=N–C) groups is 1. The molecule has 0 aromatic carbocycles. The lowest BCUT2D eigenvalue weighted by molar-refractivity contribution is 0.534. The van der Waals surface area contributed by atoms with E-state index in [2.05, 4.69) is 26.1 Å². The summed E-state index contributed by atoms with van der Waals surface area (Å²) in [6.45, 7) is 6.72. The summed E-state index contributed by atoms with van der Waals surface area (Å²) in [6.07, 6.45) is 6.13. The summed E-state index contributed by atoms with van der Waals surface area (Å²) in [5, 5.41) is 4.77. The van der Waals surface area contributed by atoms with Crippen molar-refractivity contribution < 1.29 is 0 Å². The molecule has 0 amide bonds. The Morgan fingerprint density at radius 1 is 1.47 bits per heavy atom. The molecule has 0 spiro atoms. The molecule has 2 atom stereocenters. The minimum Gasteiger partial charge on any atom is -0.362 e. The van der Waals surface area contributed by atoms with Crippen molar-refractivity contribution in [1.82, 2.24) is 5.32 Å². The Morgan fingerprint density at radius 2 is 2.27 bits per heavy atom. The van der Waals surface area contributed by atoms with Gasteiger partial charge in [0.05, 0.1) is 6.04 Å². The molecule has 0 aliphatic carbocycles. The molecular weight excluding hydrogens is 204 g/mol. The van der Waals surface area contributed by atoms with Crippen LogP contribution in [-0.4, -0.2) is 23.0 Å². The van der Waals surface area contributed by atoms with E-state index in [1.807, 2.05) is 11.8 Å². The number of nitrogens with one attached hydrogen (secondary N) is 1. The molecule has 0 saturated carbocycles. The van der Waals surface area contributed by atoms with Crippen LogP contribution in [0.3, 0.4) is 0 Å². The van der Waals surface area contributed by atoms with Crippen LogP contribution in [0.1, 0.15) is 52.9 Å². The lowest BCUT2D eigenvalue weighted by Gasteiger charge is -2.23. The SMILES string of the molecule is CCCC(CC)NC1=NC(CC)CCS1. The van der Waals surface area contributed by atoms with Crippen molar-refractivity contribution in [3.63, 3.8) is 0 Å². The van der Waals surface area contributed by atoms with Gasteiger partial charge in [0.2, 0.25) is 0 Å². The maximum Gasteiger partial charge on any atom is 0.157 e. The summed E-state index contributed by atoms with van der Waals surface area (Å²) in [4.78, 5) is 4.74. The molecule has 2 unspecified atom stereocenters. The van der Waals surface area contributed by atoms with E-state index in [1.165, 1.54) is 43.0 Å². The molecule has 1 aliphatic rings. The number of rotatable bonds is 5. The largest absolute Gasteiger partial charge is 0.362 e. The monoisotopic (exact) mass is 228 g/mol. The number of thioether (sulfide) groups is 1. The van der Waals surface area contributed by atoms with E-state index < -0.39 is 0 Å². The Balaban J connectivity index is 2.44. The molecule has 1 N–H and O–H groups in total. The smallest absolute Gasteiger partial charge is 0.157 e. The zero-order valence-corrected chi connectivity index (χ0v) is 11.1. The molecule has 0 bridgehead atoms. The van der Waals surface area contributed by atoms with Crippen LogP contribution in [0.5, 0.6) is 0 Å². The van der Waals surface area contributed by atoms with Crippen molar-refractivity contribution in [3.05, 3.63) is 0 Å². The average molecular weight is 228 g/mol. The summed E-state index contributed by atoms with van der Waals surface area (Å²) < 4.78 is 0. The molecule has 1 rings (SSSR count). The third-order valence-corrected chi connectivity index (χ3v) is 3.85. The van der Waals surface area contributed by atoms with Gasteiger partial charge in [0.25, 0.3) is 0 Å². The number of hydrogen-bond donors (Lipinski definition) is 1. The highest BCUT2D eigenvalue weighted by Gasteiger charge is 2.15. The van der Waals surface area contributed by atoms with Gasteiger partial charge in [0.15, 0.2) is 5.17 Å². The van der Waals surface area contributed by atoms with Gasteiger partial charge >= 0.3 is 0 Å². The minimum atomic E-state index is 0.563. The third kappa shape index (κ3) is 4.45. The Kier molecular flexibility index (Phi) is 6.15. The topological polar surface area (TPSA) is 24.4 Å². The number of hydrogen-bond acceptors (Lipinski definition) is 3. The highest BCUT2D eigenvalue weighted by Crippen LogP contribution is 2.19. The molecule has 88 valence electrons. The van der Waals surface area contributed by atoms with E-state index in [-0.39, 0.29) is 0 Å². The third-order valence-electron chi connectivity index (χ3n) is 2.92. The van der Waals surface area contributed by atoms with Crippen LogP contribution in [-0.2, 0) is 0 Å². The number of nitrogens with zero attached hydrogens (tertiary/aromatic N) is 1. The molecular formula is C12H24N2S. The standard InChI is InChI=1S/C12H24N2S/c1-4-7-10(5-2)13-12-14-11(6-3)8-9-15-12/h10-11H,4-9H2,1-3H3,(H,13,14). The average Bonchev–Trinajstić information content (AvgIpc) is 2.29. The van der Waals surface area contributed by atoms with Gasteiger partial charge in [-0.05, 0) is 25.7 Å². The molecule has 0 radical (unpaired) electrons. The normalized spacial score (nSPS) is 23.4. The quantitative estimate of drug-likeness (QED) is 0.779. The summed E-state index contributed by atoms with van der Waals surface area (Å²) in [6, 6.07) is 1.18. The molecule has 0 fully saturated rings. The highest BCUT2D eigenvalue weighted by atomic mass is 32.2. The first-order chi connectivity index (χ1) is 7.30. The lowest BCUT2D eigenvalue weighted by atomic mass is 10.1. The van der Waals surface area contributed by atoms with E-state index in [4.69, 9.17) is 4.99 Å². The fourth-order valence-corrected chi connectivity index (χ4v) is 2.89. The van der Waals surface area contributed by atoms with Crippen LogP contribution < -0.4 is 5.32 Å². The Morgan fingerprint density at radius 3 is 2.87 bits per heavy atom. The van der Waals surface area contributed by atoms with Gasteiger partial charge in [-0.25, -0.2) is 0 Å². The molecule has 1 heterocycles. The first-order valence-corrected chi connectivity index (χ1v) is 7.25. The Hall–Kier alpha value is -0.180. The van der Waals surface area contributed by atoms with Crippen LogP contribution in [0.4, 0.5) is 0 Å². The van der Waals surface area contributed by atoms with Gasteiger partial charge in [-0.15, -0.1) is 0 Å².